The highest BCUT2D eigenvalue weighted by atomic mass is 16.6. The van der Waals surface area contributed by atoms with Crippen molar-refractivity contribution in [1.82, 2.24) is 0 Å². The fourth-order valence-corrected chi connectivity index (χ4v) is 7.91. The summed E-state index contributed by atoms with van der Waals surface area (Å²) in [7, 11) is 0. The Morgan fingerprint density at radius 2 is 0.444 bits per heavy atom. The van der Waals surface area contributed by atoms with E-state index in [0.29, 0.717) is 12.8 Å². The number of carbonyl (C=O) groups excluding carboxylic acids is 3. The van der Waals surface area contributed by atoms with E-state index in [-0.39, 0.29) is 37.5 Å². The SMILES string of the molecule is CC/C=C\C/C=C\C/C=C\C/C=C\C/C=C\C/C=C\CCCCCCC(=O)OCC(COC(=O)CCCCC/C=C\C/C=C\C/C=C\C/C=C\C/C=C\CC)OC(=O)CCCCCCC/C=C\C/C=C\C/C=C\C/C=C\C/C=C\CC. The van der Waals surface area contributed by atoms with Crippen LogP contribution >= 0.6 is 0 Å². The van der Waals surface area contributed by atoms with E-state index < -0.39 is 6.10 Å². The Morgan fingerprint density at radius 1 is 0.247 bits per heavy atom. The molecule has 0 aliphatic rings. The molecular formula is C75H114O6. The van der Waals surface area contributed by atoms with Gasteiger partial charge >= 0.3 is 17.9 Å². The quantitative estimate of drug-likeness (QED) is 0.0261. The van der Waals surface area contributed by atoms with E-state index in [4.69, 9.17) is 14.2 Å². The van der Waals surface area contributed by atoms with Gasteiger partial charge in [-0.2, -0.15) is 0 Å². The smallest absolute Gasteiger partial charge is 0.306 e. The Kier molecular flexibility index (Phi) is 62.0. The Labute approximate surface area is 497 Å². The lowest BCUT2D eigenvalue weighted by molar-refractivity contribution is -0.167. The number of rotatable bonds is 55. The Balaban J connectivity index is 4.59. The molecule has 0 aromatic heterocycles. The van der Waals surface area contributed by atoms with Gasteiger partial charge in [0.2, 0.25) is 0 Å². The van der Waals surface area contributed by atoms with Crippen LogP contribution in [0.3, 0.4) is 0 Å². The summed E-state index contributed by atoms with van der Waals surface area (Å²) in [6.07, 6.45) is 101. The zero-order valence-corrected chi connectivity index (χ0v) is 51.5. The molecule has 0 aliphatic heterocycles. The molecule has 0 bridgehead atoms. The minimum Gasteiger partial charge on any atom is -0.462 e. The molecule has 0 fully saturated rings. The van der Waals surface area contributed by atoms with Crippen molar-refractivity contribution in [3.05, 3.63) is 194 Å². The molecule has 6 heteroatoms. The topological polar surface area (TPSA) is 78.9 Å². The van der Waals surface area contributed by atoms with Crippen LogP contribution in [0.4, 0.5) is 0 Å². The van der Waals surface area contributed by atoms with Gasteiger partial charge in [0.05, 0.1) is 0 Å². The molecule has 81 heavy (non-hydrogen) atoms. The summed E-state index contributed by atoms with van der Waals surface area (Å²) in [6.45, 7) is 6.22. The van der Waals surface area contributed by atoms with Crippen LogP contribution in [0, 0.1) is 0 Å². The first-order chi connectivity index (χ1) is 40.0. The third kappa shape index (κ3) is 64.9. The van der Waals surface area contributed by atoms with Crippen LogP contribution in [0.15, 0.2) is 194 Å². The van der Waals surface area contributed by atoms with Gasteiger partial charge in [0.25, 0.3) is 0 Å². The third-order valence-electron chi connectivity index (χ3n) is 12.6. The molecule has 0 N–H and O–H groups in total. The highest BCUT2D eigenvalue weighted by molar-refractivity contribution is 5.71. The monoisotopic (exact) mass is 1110 g/mol. The largest absolute Gasteiger partial charge is 0.462 e. The van der Waals surface area contributed by atoms with Crippen LogP contribution in [0.5, 0.6) is 0 Å². The van der Waals surface area contributed by atoms with Gasteiger partial charge in [-0.3, -0.25) is 14.4 Å². The summed E-state index contributed by atoms with van der Waals surface area (Å²) < 4.78 is 16.9. The second kappa shape index (κ2) is 66.8. The van der Waals surface area contributed by atoms with E-state index in [1.54, 1.807) is 0 Å². The fourth-order valence-electron chi connectivity index (χ4n) is 7.91. The van der Waals surface area contributed by atoms with E-state index in [1.165, 1.54) is 0 Å². The highest BCUT2D eigenvalue weighted by Crippen LogP contribution is 2.13. The van der Waals surface area contributed by atoms with Crippen LogP contribution in [0.1, 0.15) is 239 Å². The summed E-state index contributed by atoms with van der Waals surface area (Å²) in [5, 5.41) is 0. The molecule has 0 amide bonds. The lowest BCUT2D eigenvalue weighted by Gasteiger charge is -2.18. The van der Waals surface area contributed by atoms with Gasteiger partial charge in [0.15, 0.2) is 6.10 Å². The normalized spacial score (nSPS) is 13.5. The Morgan fingerprint density at radius 3 is 0.704 bits per heavy atom. The first kappa shape index (κ1) is 75.2. The lowest BCUT2D eigenvalue weighted by atomic mass is 10.1. The van der Waals surface area contributed by atoms with Gasteiger partial charge in [-0.25, -0.2) is 0 Å². The number of ether oxygens (including phenoxy) is 3. The number of hydrogen-bond donors (Lipinski definition) is 0. The van der Waals surface area contributed by atoms with Gasteiger partial charge in [-0.1, -0.05) is 254 Å². The van der Waals surface area contributed by atoms with Crippen LogP contribution in [0.25, 0.3) is 0 Å². The minimum atomic E-state index is -0.828. The predicted octanol–water partition coefficient (Wildman–Crippen LogP) is 22.2. The number of carbonyl (C=O) groups is 3. The molecule has 0 heterocycles. The van der Waals surface area contributed by atoms with E-state index in [1.807, 2.05) is 0 Å². The van der Waals surface area contributed by atoms with Crippen molar-refractivity contribution in [2.45, 2.75) is 245 Å². The van der Waals surface area contributed by atoms with Crippen molar-refractivity contribution >= 4 is 17.9 Å². The molecule has 1 unspecified atom stereocenters. The summed E-state index contributed by atoms with van der Waals surface area (Å²) >= 11 is 0. The molecule has 0 spiro atoms. The van der Waals surface area contributed by atoms with Crippen LogP contribution in [0.2, 0.25) is 0 Å². The molecule has 0 aromatic carbocycles. The van der Waals surface area contributed by atoms with Gasteiger partial charge in [0, 0.05) is 19.3 Å². The van der Waals surface area contributed by atoms with Crippen LogP contribution < -0.4 is 0 Å². The van der Waals surface area contributed by atoms with E-state index in [9.17, 15) is 14.4 Å². The summed E-state index contributed by atoms with van der Waals surface area (Å²) in [6, 6.07) is 0. The summed E-state index contributed by atoms with van der Waals surface area (Å²) in [5.74, 6) is -1.00. The van der Waals surface area contributed by atoms with E-state index in [2.05, 4.69) is 215 Å². The average molecular weight is 1110 g/mol. The Bertz CT molecular complexity index is 1950. The molecule has 0 rings (SSSR count). The number of hydrogen-bond acceptors (Lipinski definition) is 6. The molecular weight excluding hydrogens is 997 g/mol. The molecule has 0 saturated heterocycles. The van der Waals surface area contributed by atoms with Gasteiger partial charge in [-0.05, 0) is 161 Å². The lowest BCUT2D eigenvalue weighted by Crippen LogP contribution is -2.30. The first-order valence-electron chi connectivity index (χ1n) is 31.9. The number of allylic oxidation sites excluding steroid dienone is 32. The summed E-state index contributed by atoms with van der Waals surface area (Å²) in [4.78, 5) is 38.4. The standard InChI is InChI=1S/C75H114O6/c1-4-7-10-13-16-19-22-25-28-31-34-36-37-39-41-44-47-50-53-56-59-62-65-68-74(77)80-71-72(70-79-73(76)67-64-61-58-55-52-49-46-43-40-33-30-27-24-21-18-15-12-9-6-3)81-75(78)69-66-63-60-57-54-51-48-45-42-38-35-32-29-26-23-20-17-14-11-8-5-2/h7-12,16-21,25-30,34-36,38-41,43,45,47-50,52,72H,4-6,13-15,22-24,31-33,37,42,44,46,51,53-71H2,1-3H3/b10-7-,11-8-,12-9-,19-16-,20-17-,21-18-,28-25-,29-26-,30-27-,36-34-,38-35-,41-39-,43-40-,48-45-,50-47-,52-49-. The number of unbranched alkanes of at least 4 members (excludes halogenated alkanes) is 12. The summed E-state index contributed by atoms with van der Waals surface area (Å²) in [5.41, 5.74) is 0. The highest BCUT2D eigenvalue weighted by Gasteiger charge is 2.19. The van der Waals surface area contributed by atoms with Gasteiger partial charge in [-0.15, -0.1) is 0 Å². The third-order valence-corrected chi connectivity index (χ3v) is 12.6. The second-order valence-electron chi connectivity index (χ2n) is 20.2. The Hall–Kier alpha value is -5.75. The molecule has 1 atom stereocenters. The molecule has 450 valence electrons. The van der Waals surface area contributed by atoms with Crippen molar-refractivity contribution in [2.75, 3.05) is 13.2 Å². The van der Waals surface area contributed by atoms with Gasteiger partial charge < -0.3 is 14.2 Å². The first-order valence-corrected chi connectivity index (χ1v) is 31.9. The molecule has 0 aliphatic carbocycles. The van der Waals surface area contributed by atoms with Crippen LogP contribution in [-0.2, 0) is 28.6 Å². The van der Waals surface area contributed by atoms with Crippen molar-refractivity contribution in [2.24, 2.45) is 0 Å². The fraction of sp³-hybridized carbons (Fsp3) is 0.533. The van der Waals surface area contributed by atoms with Crippen LogP contribution in [-0.4, -0.2) is 37.2 Å². The molecule has 0 radical (unpaired) electrons. The second-order valence-corrected chi connectivity index (χ2v) is 20.2. The zero-order valence-electron chi connectivity index (χ0n) is 51.5. The van der Waals surface area contributed by atoms with Crippen molar-refractivity contribution in [1.29, 1.82) is 0 Å². The average Bonchev–Trinajstić information content (AvgIpc) is 3.47. The zero-order chi connectivity index (χ0) is 58.5. The van der Waals surface area contributed by atoms with Crippen molar-refractivity contribution < 1.29 is 28.6 Å². The number of esters is 3. The molecule has 0 aromatic rings. The predicted molar refractivity (Wildman–Crippen MR) is 352 cm³/mol. The minimum absolute atomic E-state index is 0.121. The van der Waals surface area contributed by atoms with Crippen molar-refractivity contribution in [3.8, 4) is 0 Å². The maximum atomic E-state index is 12.9. The maximum absolute atomic E-state index is 12.9. The molecule has 0 saturated carbocycles. The molecule has 6 nitrogen and oxygen atoms in total. The maximum Gasteiger partial charge on any atom is 0.306 e. The van der Waals surface area contributed by atoms with Crippen molar-refractivity contribution in [3.63, 3.8) is 0 Å². The van der Waals surface area contributed by atoms with E-state index >= 15 is 0 Å². The van der Waals surface area contributed by atoms with Gasteiger partial charge in [0.1, 0.15) is 13.2 Å². The van der Waals surface area contributed by atoms with E-state index in [0.717, 1.165) is 199 Å².